The summed E-state index contributed by atoms with van der Waals surface area (Å²) in [6.45, 7) is 3.77. The summed E-state index contributed by atoms with van der Waals surface area (Å²) in [5.74, 6) is -0.314. The van der Waals surface area contributed by atoms with Crippen LogP contribution in [0.2, 0.25) is 0 Å². The summed E-state index contributed by atoms with van der Waals surface area (Å²) in [6.07, 6.45) is 0.696. The van der Waals surface area contributed by atoms with Gasteiger partial charge in [0.15, 0.2) is 0 Å². The molecule has 1 atom stereocenters. The average Bonchev–Trinajstić information content (AvgIpc) is 2.70. The molecule has 1 fully saturated rings. The van der Waals surface area contributed by atoms with E-state index in [1.54, 1.807) is 38.1 Å². The molecule has 10 nitrogen and oxygen atoms in total. The van der Waals surface area contributed by atoms with Crippen molar-refractivity contribution in [2.75, 3.05) is 18.7 Å². The summed E-state index contributed by atoms with van der Waals surface area (Å²) in [4.78, 5) is 38.4. The Balaban J connectivity index is 1.56. The Morgan fingerprint density at radius 3 is 2.83 bits per heavy atom. The van der Waals surface area contributed by atoms with Gasteiger partial charge < -0.3 is 0 Å². The molecule has 0 saturated carbocycles. The van der Waals surface area contributed by atoms with E-state index in [1.165, 1.54) is 16.8 Å². The van der Waals surface area contributed by atoms with Gasteiger partial charge in [-0.25, -0.2) is 0 Å². The first kappa shape index (κ1) is 22.3. The van der Waals surface area contributed by atoms with Gasteiger partial charge in [0.05, 0.1) is 0 Å². The monoisotopic (exact) mass is 439 g/mol. The molecule has 30 heavy (non-hydrogen) atoms. The summed E-state index contributed by atoms with van der Waals surface area (Å²) in [5.41, 5.74) is 5.94. The van der Waals surface area contributed by atoms with Crippen molar-refractivity contribution >= 4 is 19.7 Å². The first-order valence-corrected chi connectivity index (χ1v) is 11.5. The summed E-state index contributed by atoms with van der Waals surface area (Å²) in [5, 5.41) is 0. The van der Waals surface area contributed by atoms with Crippen molar-refractivity contribution in [1.29, 1.82) is 0 Å². The van der Waals surface area contributed by atoms with E-state index in [9.17, 15) is 14.5 Å². The van der Waals surface area contributed by atoms with Crippen LogP contribution in [-0.4, -0.2) is 45.6 Å². The van der Waals surface area contributed by atoms with Gasteiger partial charge in [-0.15, -0.1) is 0 Å². The zero-order chi connectivity index (χ0) is 21.7. The molecular weight excluding hydrogens is 413 g/mol. The maximum atomic E-state index is 12.2. The third kappa shape index (κ3) is 5.84. The molecule has 1 aromatic heterocycles. The third-order valence-corrected chi connectivity index (χ3v) is 6.07. The SMILES string of the molecule is CC(C)OC(=O)c1ccccc1CO[PH]1(O)CO[C@@H](Cn2ccc(N)nc2=O)CO1. The van der Waals surface area contributed by atoms with E-state index in [0.29, 0.717) is 11.1 Å². The molecule has 0 aliphatic carbocycles. The topological polar surface area (TPSA) is 135 Å². The van der Waals surface area contributed by atoms with E-state index in [-0.39, 0.29) is 38.0 Å². The number of aromatic nitrogens is 2. The number of carbonyl (C=O) groups excluding carboxylic acids is 1. The third-order valence-electron chi connectivity index (χ3n) is 4.33. The van der Waals surface area contributed by atoms with Crippen molar-refractivity contribution in [2.45, 2.75) is 39.2 Å². The van der Waals surface area contributed by atoms with E-state index < -0.39 is 25.7 Å². The number of esters is 1. The zero-order valence-electron chi connectivity index (χ0n) is 16.8. The first-order chi connectivity index (χ1) is 14.3. The standard InChI is InChI=1S/C19H26N3O7P/c1-13(2)29-18(23)16-6-4-3-5-14(16)10-27-30(25)12-26-15(11-28-30)9-22-8-7-17(20)21-19(22)24/h3-8,13,15,25,30H,9-12H2,1-2H3,(H2,20,21,24)/t15-/m0/s1. The fourth-order valence-corrected chi connectivity index (χ4v) is 4.36. The van der Waals surface area contributed by atoms with Crippen molar-refractivity contribution in [3.05, 3.63) is 58.1 Å². The van der Waals surface area contributed by atoms with E-state index >= 15 is 0 Å². The molecule has 3 rings (SSSR count). The van der Waals surface area contributed by atoms with Crippen molar-refractivity contribution in [1.82, 2.24) is 9.55 Å². The molecule has 164 valence electrons. The quantitative estimate of drug-likeness (QED) is 0.485. The molecule has 11 heteroatoms. The second kappa shape index (κ2) is 9.63. The number of benzene rings is 1. The van der Waals surface area contributed by atoms with Gasteiger partial charge in [0.1, 0.15) is 0 Å². The van der Waals surface area contributed by atoms with Crippen LogP contribution in [-0.2, 0) is 31.7 Å². The number of nitrogens with zero attached hydrogens (tertiary/aromatic N) is 2. The van der Waals surface area contributed by atoms with Crippen LogP contribution in [0.15, 0.2) is 41.3 Å². The minimum atomic E-state index is -3.59. The molecule has 0 radical (unpaired) electrons. The number of nitrogen functional groups attached to an aromatic ring is 1. The van der Waals surface area contributed by atoms with E-state index in [1.807, 2.05) is 0 Å². The molecule has 1 aliphatic heterocycles. The summed E-state index contributed by atoms with van der Waals surface area (Å²) < 4.78 is 23.5. The summed E-state index contributed by atoms with van der Waals surface area (Å²) in [7, 11) is -3.59. The molecule has 0 bridgehead atoms. The molecular formula is C19H26N3O7P. The second-order valence-corrected chi connectivity index (χ2v) is 9.44. The van der Waals surface area contributed by atoms with Gasteiger partial charge in [0.25, 0.3) is 0 Å². The number of rotatable bonds is 7. The number of hydrogen-bond donors (Lipinski definition) is 2. The normalized spacial score (nSPS) is 19.4. The Morgan fingerprint density at radius 2 is 2.17 bits per heavy atom. The van der Waals surface area contributed by atoms with E-state index in [0.717, 1.165) is 0 Å². The Hall–Kier alpha value is -2.36. The van der Waals surface area contributed by atoms with Crippen LogP contribution in [0.25, 0.3) is 0 Å². The molecule has 2 aromatic rings. The van der Waals surface area contributed by atoms with Gasteiger partial charge in [-0.2, -0.15) is 0 Å². The summed E-state index contributed by atoms with van der Waals surface area (Å²) in [6, 6.07) is 8.37. The van der Waals surface area contributed by atoms with E-state index in [2.05, 4.69) is 4.98 Å². The van der Waals surface area contributed by atoms with Crippen LogP contribution in [0, 0.1) is 0 Å². The molecule has 1 saturated heterocycles. The van der Waals surface area contributed by atoms with Crippen LogP contribution < -0.4 is 11.4 Å². The van der Waals surface area contributed by atoms with Gasteiger partial charge in [-0.1, -0.05) is 0 Å². The van der Waals surface area contributed by atoms with Crippen LogP contribution in [0.5, 0.6) is 0 Å². The minimum absolute atomic E-state index is 0.0263. The van der Waals surface area contributed by atoms with Crippen LogP contribution >= 0.6 is 7.94 Å². The fourth-order valence-electron chi connectivity index (χ4n) is 2.84. The van der Waals surface area contributed by atoms with E-state index in [4.69, 9.17) is 24.3 Å². The van der Waals surface area contributed by atoms with Crippen molar-refractivity contribution < 1.29 is 28.2 Å². The maximum absolute atomic E-state index is 12.2. The van der Waals surface area contributed by atoms with Crippen LogP contribution in [0.4, 0.5) is 5.82 Å². The Bertz CT molecular complexity index is 942. The number of anilines is 1. The number of carbonyl (C=O) groups is 1. The molecule has 0 spiro atoms. The van der Waals surface area contributed by atoms with Crippen LogP contribution in [0.3, 0.4) is 0 Å². The van der Waals surface area contributed by atoms with Crippen molar-refractivity contribution in [3.63, 3.8) is 0 Å². The number of hydrogen-bond acceptors (Lipinski definition) is 9. The predicted molar refractivity (Wildman–Crippen MR) is 111 cm³/mol. The Labute approximate surface area is 174 Å². The van der Waals surface area contributed by atoms with Gasteiger partial charge in [0, 0.05) is 0 Å². The average molecular weight is 439 g/mol. The van der Waals surface area contributed by atoms with Gasteiger partial charge in [-0.05, 0) is 0 Å². The molecule has 0 unspecified atom stereocenters. The predicted octanol–water partition coefficient (Wildman–Crippen LogP) is 1.47. The fraction of sp³-hybridized carbons (Fsp3) is 0.421. The Morgan fingerprint density at radius 1 is 1.40 bits per heavy atom. The second-order valence-electron chi connectivity index (χ2n) is 7.14. The number of ether oxygens (including phenoxy) is 2. The van der Waals surface area contributed by atoms with Gasteiger partial charge in [0.2, 0.25) is 0 Å². The van der Waals surface area contributed by atoms with Gasteiger partial charge >= 0.3 is 174 Å². The molecule has 2 heterocycles. The molecule has 0 amide bonds. The van der Waals surface area contributed by atoms with Crippen molar-refractivity contribution in [2.24, 2.45) is 0 Å². The number of nitrogens with two attached hydrogens (primary N) is 1. The summed E-state index contributed by atoms with van der Waals surface area (Å²) >= 11 is 0. The molecule has 1 aliphatic rings. The van der Waals surface area contributed by atoms with Crippen molar-refractivity contribution in [3.8, 4) is 0 Å². The van der Waals surface area contributed by atoms with Crippen LogP contribution in [0.1, 0.15) is 29.8 Å². The molecule has 3 N–H and O–H groups in total. The molecule has 1 aromatic carbocycles. The zero-order valence-corrected chi connectivity index (χ0v) is 17.8. The first-order valence-electron chi connectivity index (χ1n) is 9.49. The Kier molecular flexibility index (Phi) is 7.17. The van der Waals surface area contributed by atoms with Gasteiger partial charge in [-0.3, -0.25) is 0 Å².